The zero-order chi connectivity index (χ0) is 18.8. The van der Waals surface area contributed by atoms with Crippen LogP contribution in [-0.4, -0.2) is 52.3 Å². The van der Waals surface area contributed by atoms with Gasteiger partial charge in [-0.25, -0.2) is 4.79 Å². The molecular weight excluding hydrogens is 332 g/mol. The second kappa shape index (κ2) is 10.2. The molecule has 2 amide bonds. The van der Waals surface area contributed by atoms with Gasteiger partial charge in [-0.3, -0.25) is 9.89 Å². The van der Waals surface area contributed by atoms with Gasteiger partial charge in [-0.15, -0.1) is 0 Å². The van der Waals surface area contributed by atoms with E-state index in [-0.39, 0.29) is 19.0 Å². The molecule has 0 atom stereocenters. The number of aryl methyl sites for hydroxylation is 1. The second-order valence-corrected chi connectivity index (χ2v) is 6.25. The van der Waals surface area contributed by atoms with Crippen molar-refractivity contribution >= 4 is 12.0 Å². The number of nitrogens with zero attached hydrogens (tertiary/aromatic N) is 2. The molecule has 0 fully saturated rings. The second-order valence-electron chi connectivity index (χ2n) is 6.25. The maximum Gasteiger partial charge on any atom is 0.317 e. The van der Waals surface area contributed by atoms with Crippen LogP contribution in [0.1, 0.15) is 31.4 Å². The average molecular weight is 358 g/mol. The van der Waals surface area contributed by atoms with E-state index in [1.807, 2.05) is 30.3 Å². The SMILES string of the molecule is CN(CCCCCc1cc(-c2ccccc2)n[nH]1)C(=O)NCCC(=O)O. The molecule has 0 unspecified atom stereocenters. The summed E-state index contributed by atoms with van der Waals surface area (Å²) < 4.78 is 0. The highest BCUT2D eigenvalue weighted by Gasteiger charge is 2.08. The molecule has 0 bridgehead atoms. The Morgan fingerprint density at radius 3 is 2.69 bits per heavy atom. The maximum atomic E-state index is 11.8. The number of H-pyrrole nitrogens is 1. The van der Waals surface area contributed by atoms with Gasteiger partial charge in [0.2, 0.25) is 0 Å². The minimum atomic E-state index is -0.915. The summed E-state index contributed by atoms with van der Waals surface area (Å²) in [6.45, 7) is 0.805. The molecule has 1 heterocycles. The molecule has 0 saturated heterocycles. The lowest BCUT2D eigenvalue weighted by Gasteiger charge is -2.17. The number of aliphatic carboxylic acids is 1. The largest absolute Gasteiger partial charge is 0.481 e. The smallest absolute Gasteiger partial charge is 0.317 e. The highest BCUT2D eigenvalue weighted by molar-refractivity contribution is 5.74. The van der Waals surface area contributed by atoms with Crippen LogP contribution in [-0.2, 0) is 11.2 Å². The van der Waals surface area contributed by atoms with Gasteiger partial charge in [0.25, 0.3) is 0 Å². The highest BCUT2D eigenvalue weighted by Crippen LogP contribution is 2.17. The molecule has 1 aromatic heterocycles. The number of carbonyl (C=O) groups excluding carboxylic acids is 1. The molecule has 0 aliphatic heterocycles. The van der Waals surface area contributed by atoms with E-state index in [1.165, 1.54) is 0 Å². The summed E-state index contributed by atoms with van der Waals surface area (Å²) in [7, 11) is 1.72. The number of urea groups is 1. The topological polar surface area (TPSA) is 98.3 Å². The summed E-state index contributed by atoms with van der Waals surface area (Å²) in [4.78, 5) is 23.8. The van der Waals surface area contributed by atoms with Crippen molar-refractivity contribution in [3.8, 4) is 11.3 Å². The normalized spacial score (nSPS) is 10.5. The minimum Gasteiger partial charge on any atom is -0.481 e. The van der Waals surface area contributed by atoms with E-state index in [0.717, 1.165) is 42.6 Å². The van der Waals surface area contributed by atoms with E-state index in [1.54, 1.807) is 11.9 Å². The fourth-order valence-corrected chi connectivity index (χ4v) is 2.60. The van der Waals surface area contributed by atoms with E-state index < -0.39 is 5.97 Å². The highest BCUT2D eigenvalue weighted by atomic mass is 16.4. The first-order chi connectivity index (χ1) is 12.6. The van der Waals surface area contributed by atoms with E-state index >= 15 is 0 Å². The van der Waals surface area contributed by atoms with Crippen molar-refractivity contribution in [3.05, 3.63) is 42.1 Å². The van der Waals surface area contributed by atoms with Crippen molar-refractivity contribution in [2.45, 2.75) is 32.1 Å². The Labute approximate surface area is 153 Å². The summed E-state index contributed by atoms with van der Waals surface area (Å²) in [5.74, 6) is -0.915. The number of aromatic nitrogens is 2. The predicted octanol–water partition coefficient (Wildman–Crippen LogP) is 2.91. The van der Waals surface area contributed by atoms with Crippen molar-refractivity contribution in [2.24, 2.45) is 0 Å². The molecule has 2 rings (SSSR count). The fraction of sp³-hybridized carbons (Fsp3) is 0.421. The first-order valence-electron chi connectivity index (χ1n) is 8.86. The van der Waals surface area contributed by atoms with Gasteiger partial charge in [0, 0.05) is 31.4 Å². The monoisotopic (exact) mass is 358 g/mol. The van der Waals surface area contributed by atoms with Gasteiger partial charge in [-0.05, 0) is 25.3 Å². The zero-order valence-corrected chi connectivity index (χ0v) is 15.1. The van der Waals surface area contributed by atoms with E-state index in [9.17, 15) is 9.59 Å². The van der Waals surface area contributed by atoms with Crippen molar-refractivity contribution in [2.75, 3.05) is 20.1 Å². The van der Waals surface area contributed by atoms with Crippen LogP contribution in [0.25, 0.3) is 11.3 Å². The number of nitrogens with one attached hydrogen (secondary N) is 2. The van der Waals surface area contributed by atoms with Crippen LogP contribution >= 0.6 is 0 Å². The first-order valence-corrected chi connectivity index (χ1v) is 8.86. The van der Waals surface area contributed by atoms with Gasteiger partial charge in [0.1, 0.15) is 0 Å². The van der Waals surface area contributed by atoms with Gasteiger partial charge in [-0.2, -0.15) is 5.10 Å². The van der Waals surface area contributed by atoms with Crippen molar-refractivity contribution in [1.29, 1.82) is 0 Å². The minimum absolute atomic E-state index is 0.0608. The van der Waals surface area contributed by atoms with Crippen LogP contribution < -0.4 is 5.32 Å². The van der Waals surface area contributed by atoms with Gasteiger partial charge in [-0.1, -0.05) is 36.8 Å². The van der Waals surface area contributed by atoms with Crippen molar-refractivity contribution in [3.63, 3.8) is 0 Å². The molecule has 0 spiro atoms. The number of unbranched alkanes of at least 4 members (excludes halogenated alkanes) is 2. The van der Waals surface area contributed by atoms with E-state index in [0.29, 0.717) is 6.54 Å². The molecule has 0 saturated carbocycles. The number of carbonyl (C=O) groups is 2. The molecule has 2 aromatic rings. The third kappa shape index (κ3) is 6.58. The van der Waals surface area contributed by atoms with Crippen molar-refractivity contribution < 1.29 is 14.7 Å². The van der Waals surface area contributed by atoms with Crippen LogP contribution in [0.5, 0.6) is 0 Å². The van der Waals surface area contributed by atoms with Gasteiger partial charge < -0.3 is 15.3 Å². The number of carboxylic acid groups (broad SMARTS) is 1. The Morgan fingerprint density at radius 2 is 1.96 bits per heavy atom. The average Bonchev–Trinajstić information content (AvgIpc) is 3.10. The van der Waals surface area contributed by atoms with Crippen molar-refractivity contribution in [1.82, 2.24) is 20.4 Å². The third-order valence-corrected chi connectivity index (χ3v) is 4.10. The Kier molecular flexibility index (Phi) is 7.67. The molecule has 7 nitrogen and oxygen atoms in total. The molecule has 140 valence electrons. The Balaban J connectivity index is 1.61. The zero-order valence-electron chi connectivity index (χ0n) is 15.1. The van der Waals surface area contributed by atoms with Crippen LogP contribution in [0.4, 0.5) is 4.79 Å². The summed E-state index contributed by atoms with van der Waals surface area (Å²) in [5.41, 5.74) is 3.17. The maximum absolute atomic E-state index is 11.8. The standard InChI is InChI=1S/C19H26N4O3/c1-23(19(26)20-12-11-18(24)25)13-7-3-6-10-16-14-17(22-21-16)15-8-4-2-5-9-15/h2,4-5,8-9,14H,3,6-7,10-13H2,1H3,(H,20,26)(H,21,22)(H,24,25). The van der Waals surface area contributed by atoms with Crippen LogP contribution in [0, 0.1) is 0 Å². The number of amides is 2. The molecular formula is C19H26N4O3. The van der Waals surface area contributed by atoms with Gasteiger partial charge >= 0.3 is 12.0 Å². The molecule has 26 heavy (non-hydrogen) atoms. The number of carboxylic acids is 1. The summed E-state index contributed by atoms with van der Waals surface area (Å²) in [6, 6.07) is 11.9. The summed E-state index contributed by atoms with van der Waals surface area (Å²) in [5, 5.41) is 18.6. The van der Waals surface area contributed by atoms with Crippen LogP contribution in [0.15, 0.2) is 36.4 Å². The lowest BCUT2D eigenvalue weighted by molar-refractivity contribution is -0.136. The third-order valence-electron chi connectivity index (χ3n) is 4.10. The molecule has 0 radical (unpaired) electrons. The van der Waals surface area contributed by atoms with Gasteiger partial charge in [0.15, 0.2) is 0 Å². The lowest BCUT2D eigenvalue weighted by Crippen LogP contribution is -2.38. The van der Waals surface area contributed by atoms with Crippen LogP contribution in [0.2, 0.25) is 0 Å². The number of aromatic amines is 1. The summed E-state index contributed by atoms with van der Waals surface area (Å²) in [6.07, 6.45) is 3.79. The lowest BCUT2D eigenvalue weighted by atomic mass is 10.1. The van der Waals surface area contributed by atoms with E-state index in [4.69, 9.17) is 5.11 Å². The van der Waals surface area contributed by atoms with Gasteiger partial charge in [0.05, 0.1) is 12.1 Å². The Bertz CT molecular complexity index is 700. The number of hydrogen-bond donors (Lipinski definition) is 3. The number of hydrogen-bond acceptors (Lipinski definition) is 3. The molecule has 7 heteroatoms. The van der Waals surface area contributed by atoms with E-state index in [2.05, 4.69) is 21.6 Å². The first kappa shape index (κ1) is 19.5. The Morgan fingerprint density at radius 1 is 1.19 bits per heavy atom. The molecule has 0 aliphatic carbocycles. The fourth-order valence-electron chi connectivity index (χ4n) is 2.60. The number of benzene rings is 1. The summed E-state index contributed by atoms with van der Waals surface area (Å²) >= 11 is 0. The number of rotatable bonds is 10. The molecule has 0 aliphatic rings. The quantitative estimate of drug-likeness (QED) is 0.569. The molecule has 3 N–H and O–H groups in total. The van der Waals surface area contributed by atoms with Crippen LogP contribution in [0.3, 0.4) is 0 Å². The molecule has 1 aromatic carbocycles. The predicted molar refractivity (Wildman–Crippen MR) is 99.9 cm³/mol. The Hall–Kier alpha value is -2.83.